The zero-order valence-corrected chi connectivity index (χ0v) is 14.3. The summed E-state index contributed by atoms with van der Waals surface area (Å²) < 4.78 is 5.27. The molecule has 5 nitrogen and oxygen atoms in total. The molecule has 25 heavy (non-hydrogen) atoms. The predicted octanol–water partition coefficient (Wildman–Crippen LogP) is 3.23. The maximum atomic E-state index is 12.7. The van der Waals surface area contributed by atoms with Crippen molar-refractivity contribution >= 4 is 22.4 Å². The number of methoxy groups -OCH3 is 1. The summed E-state index contributed by atoms with van der Waals surface area (Å²) in [4.78, 5) is 16.8. The van der Waals surface area contributed by atoms with E-state index in [1.807, 2.05) is 49.4 Å². The van der Waals surface area contributed by atoms with Crippen LogP contribution in [0, 0.1) is 6.92 Å². The summed E-state index contributed by atoms with van der Waals surface area (Å²) in [6.45, 7) is 2.18. The monoisotopic (exact) mass is 335 g/mol. The number of amides is 1. The van der Waals surface area contributed by atoms with E-state index in [1.54, 1.807) is 19.5 Å². The van der Waals surface area contributed by atoms with E-state index in [4.69, 9.17) is 10.5 Å². The average molecular weight is 335 g/mol. The van der Waals surface area contributed by atoms with Crippen LogP contribution >= 0.6 is 0 Å². The Labute approximate surface area is 146 Å². The highest BCUT2D eigenvalue weighted by molar-refractivity contribution is 5.98. The lowest BCUT2D eigenvalue weighted by molar-refractivity contribution is -0.117. The average Bonchev–Trinajstić information content (AvgIpc) is 2.62. The Morgan fingerprint density at radius 2 is 2.04 bits per heavy atom. The molecule has 0 aliphatic carbocycles. The molecule has 3 N–H and O–H groups in total. The molecule has 0 bridgehead atoms. The molecule has 1 atom stereocenters. The van der Waals surface area contributed by atoms with Crippen molar-refractivity contribution in [3.05, 3.63) is 66.0 Å². The van der Waals surface area contributed by atoms with Gasteiger partial charge in [-0.3, -0.25) is 9.78 Å². The number of hydrogen-bond acceptors (Lipinski definition) is 4. The van der Waals surface area contributed by atoms with Crippen molar-refractivity contribution in [2.24, 2.45) is 5.73 Å². The molecule has 0 aliphatic rings. The third-order valence-corrected chi connectivity index (χ3v) is 4.28. The SMILES string of the molecule is COc1ccc(C(CN)C(=O)Nc2ccc3cnccc3c2)cc1C. The molecule has 1 aromatic heterocycles. The second-order valence-corrected chi connectivity index (χ2v) is 5.94. The van der Waals surface area contributed by atoms with Gasteiger partial charge in [0, 0.05) is 30.0 Å². The third kappa shape index (κ3) is 3.61. The number of nitrogens with two attached hydrogens (primary N) is 1. The van der Waals surface area contributed by atoms with Gasteiger partial charge in [0.05, 0.1) is 13.0 Å². The number of ether oxygens (including phenoxy) is 1. The fraction of sp³-hybridized carbons (Fsp3) is 0.200. The number of pyridine rings is 1. The van der Waals surface area contributed by atoms with Gasteiger partial charge in [-0.05, 0) is 47.7 Å². The summed E-state index contributed by atoms with van der Waals surface area (Å²) in [5.41, 5.74) is 8.47. The molecule has 1 heterocycles. The minimum absolute atomic E-state index is 0.125. The van der Waals surface area contributed by atoms with Crippen LogP contribution in [0.3, 0.4) is 0 Å². The van der Waals surface area contributed by atoms with Gasteiger partial charge in [-0.2, -0.15) is 0 Å². The number of nitrogens with one attached hydrogen (secondary N) is 1. The van der Waals surface area contributed by atoms with Crippen LogP contribution in [0.4, 0.5) is 5.69 Å². The van der Waals surface area contributed by atoms with E-state index in [0.717, 1.165) is 33.3 Å². The third-order valence-electron chi connectivity index (χ3n) is 4.28. The maximum absolute atomic E-state index is 12.7. The van der Waals surface area contributed by atoms with E-state index >= 15 is 0 Å². The second-order valence-electron chi connectivity index (χ2n) is 5.94. The van der Waals surface area contributed by atoms with Gasteiger partial charge in [-0.15, -0.1) is 0 Å². The molecule has 0 saturated heterocycles. The van der Waals surface area contributed by atoms with Crippen molar-refractivity contribution in [3.8, 4) is 5.75 Å². The number of carbonyl (C=O) groups excluding carboxylic acids is 1. The van der Waals surface area contributed by atoms with Crippen LogP contribution in [-0.2, 0) is 4.79 Å². The molecule has 5 heteroatoms. The molecule has 2 aromatic carbocycles. The lowest BCUT2D eigenvalue weighted by atomic mass is 9.96. The van der Waals surface area contributed by atoms with Gasteiger partial charge in [-0.25, -0.2) is 0 Å². The first-order valence-corrected chi connectivity index (χ1v) is 8.11. The van der Waals surface area contributed by atoms with E-state index in [-0.39, 0.29) is 12.5 Å². The van der Waals surface area contributed by atoms with Crippen LogP contribution in [0.2, 0.25) is 0 Å². The normalized spacial score (nSPS) is 12.0. The van der Waals surface area contributed by atoms with Crippen LogP contribution in [0.5, 0.6) is 5.75 Å². The number of aromatic nitrogens is 1. The summed E-state index contributed by atoms with van der Waals surface area (Å²) in [5.74, 6) is 0.251. The molecular weight excluding hydrogens is 314 g/mol. The van der Waals surface area contributed by atoms with Crippen molar-refractivity contribution in [2.45, 2.75) is 12.8 Å². The number of aryl methyl sites for hydroxylation is 1. The van der Waals surface area contributed by atoms with Crippen molar-refractivity contribution in [1.29, 1.82) is 0 Å². The summed E-state index contributed by atoms with van der Waals surface area (Å²) >= 11 is 0. The highest BCUT2D eigenvalue weighted by Gasteiger charge is 2.20. The highest BCUT2D eigenvalue weighted by Crippen LogP contribution is 2.25. The lowest BCUT2D eigenvalue weighted by Gasteiger charge is -2.17. The summed E-state index contributed by atoms with van der Waals surface area (Å²) in [5, 5.41) is 5.02. The van der Waals surface area contributed by atoms with Crippen LogP contribution in [-0.4, -0.2) is 24.5 Å². The fourth-order valence-electron chi connectivity index (χ4n) is 2.90. The number of fused-ring (bicyclic) bond motifs is 1. The van der Waals surface area contributed by atoms with Gasteiger partial charge < -0.3 is 15.8 Å². The second kappa shape index (κ2) is 7.32. The van der Waals surface area contributed by atoms with Gasteiger partial charge in [0.15, 0.2) is 0 Å². The van der Waals surface area contributed by atoms with Crippen LogP contribution in [0.1, 0.15) is 17.0 Å². The molecule has 0 spiro atoms. The smallest absolute Gasteiger partial charge is 0.233 e. The Kier molecular flexibility index (Phi) is 4.95. The molecule has 0 aliphatic heterocycles. The minimum Gasteiger partial charge on any atom is -0.496 e. The van der Waals surface area contributed by atoms with Crippen LogP contribution in [0.25, 0.3) is 10.8 Å². The maximum Gasteiger partial charge on any atom is 0.233 e. The summed E-state index contributed by atoms with van der Waals surface area (Å²) in [6, 6.07) is 13.3. The number of rotatable bonds is 5. The van der Waals surface area contributed by atoms with Gasteiger partial charge in [0.25, 0.3) is 0 Å². The molecule has 128 valence electrons. The first-order chi connectivity index (χ1) is 12.1. The Balaban J connectivity index is 1.83. The quantitative estimate of drug-likeness (QED) is 0.750. The van der Waals surface area contributed by atoms with E-state index in [0.29, 0.717) is 0 Å². The molecule has 0 saturated carbocycles. The number of carbonyl (C=O) groups is 1. The van der Waals surface area contributed by atoms with Crippen molar-refractivity contribution in [1.82, 2.24) is 4.98 Å². The standard InChI is InChI=1S/C20H21N3O2/c1-13-9-15(4-6-19(13)25-2)18(11-21)20(24)23-17-5-3-16-12-22-8-7-14(16)10-17/h3-10,12,18H,11,21H2,1-2H3,(H,23,24). The predicted molar refractivity (Wildman–Crippen MR) is 99.9 cm³/mol. The summed E-state index contributed by atoms with van der Waals surface area (Å²) in [6.07, 6.45) is 3.53. The Morgan fingerprint density at radius 3 is 2.76 bits per heavy atom. The largest absolute Gasteiger partial charge is 0.496 e. The van der Waals surface area contributed by atoms with Gasteiger partial charge in [-0.1, -0.05) is 18.2 Å². The molecule has 3 aromatic rings. The minimum atomic E-state index is -0.419. The first kappa shape index (κ1) is 16.9. The highest BCUT2D eigenvalue weighted by atomic mass is 16.5. The Morgan fingerprint density at radius 1 is 1.20 bits per heavy atom. The zero-order valence-electron chi connectivity index (χ0n) is 14.3. The van der Waals surface area contributed by atoms with Crippen LogP contribution in [0.15, 0.2) is 54.9 Å². The van der Waals surface area contributed by atoms with E-state index in [9.17, 15) is 4.79 Å². The van der Waals surface area contributed by atoms with Crippen molar-refractivity contribution in [3.63, 3.8) is 0 Å². The van der Waals surface area contributed by atoms with Crippen LogP contribution < -0.4 is 15.8 Å². The molecule has 0 radical (unpaired) electrons. The molecule has 1 unspecified atom stereocenters. The fourth-order valence-corrected chi connectivity index (χ4v) is 2.90. The Bertz CT molecular complexity index is 908. The molecule has 1 amide bonds. The van der Waals surface area contributed by atoms with Gasteiger partial charge >= 0.3 is 0 Å². The van der Waals surface area contributed by atoms with E-state index in [2.05, 4.69) is 10.3 Å². The molecule has 0 fully saturated rings. The Hall–Kier alpha value is -2.92. The molecular formula is C20H21N3O2. The number of nitrogens with zero attached hydrogens (tertiary/aromatic N) is 1. The van der Waals surface area contributed by atoms with Gasteiger partial charge in [0.2, 0.25) is 5.91 Å². The topological polar surface area (TPSA) is 77.2 Å². The molecule has 3 rings (SSSR count). The lowest BCUT2D eigenvalue weighted by Crippen LogP contribution is -2.27. The number of anilines is 1. The van der Waals surface area contributed by atoms with Crippen molar-refractivity contribution < 1.29 is 9.53 Å². The number of benzene rings is 2. The summed E-state index contributed by atoms with van der Waals surface area (Å²) in [7, 11) is 1.63. The van der Waals surface area contributed by atoms with E-state index < -0.39 is 5.92 Å². The first-order valence-electron chi connectivity index (χ1n) is 8.11. The number of hydrogen-bond donors (Lipinski definition) is 2. The van der Waals surface area contributed by atoms with E-state index in [1.165, 1.54) is 0 Å². The van der Waals surface area contributed by atoms with Crippen molar-refractivity contribution in [2.75, 3.05) is 19.0 Å². The zero-order chi connectivity index (χ0) is 17.8. The van der Waals surface area contributed by atoms with Gasteiger partial charge in [0.1, 0.15) is 5.75 Å².